The predicted molar refractivity (Wildman–Crippen MR) is 102 cm³/mol. The third kappa shape index (κ3) is 2.54. The predicted octanol–water partition coefficient (Wildman–Crippen LogP) is 5.22. The average molecular weight is 345 g/mol. The molecule has 2 heterocycles. The van der Waals surface area contributed by atoms with Gasteiger partial charge in [0.1, 0.15) is 11.6 Å². The summed E-state index contributed by atoms with van der Waals surface area (Å²) in [6.07, 6.45) is 2.37. The van der Waals surface area contributed by atoms with Crippen LogP contribution < -0.4 is 0 Å². The van der Waals surface area contributed by atoms with E-state index >= 15 is 0 Å². The van der Waals surface area contributed by atoms with Crippen LogP contribution in [0.15, 0.2) is 60.8 Å². The number of pyridine rings is 1. The van der Waals surface area contributed by atoms with Gasteiger partial charge < -0.3 is 9.67 Å². The number of hydrogen-bond donors (Lipinski definition) is 1. The van der Waals surface area contributed by atoms with Crippen LogP contribution in [0.4, 0.5) is 4.39 Å². The van der Waals surface area contributed by atoms with Crippen molar-refractivity contribution in [3.63, 3.8) is 0 Å². The molecule has 0 spiro atoms. The number of aromatic nitrogens is 2. The van der Waals surface area contributed by atoms with Gasteiger partial charge in [0.2, 0.25) is 0 Å². The highest BCUT2D eigenvalue weighted by atomic mass is 19.1. The molecule has 4 aromatic rings. The molecule has 2 aromatic heterocycles. The molecule has 0 bridgehead atoms. The third-order valence-electron chi connectivity index (χ3n) is 4.59. The summed E-state index contributed by atoms with van der Waals surface area (Å²) in [5.74, 6) is -0.133. The van der Waals surface area contributed by atoms with Crippen LogP contribution in [-0.4, -0.2) is 14.7 Å². The van der Waals surface area contributed by atoms with E-state index in [1.807, 2.05) is 48.0 Å². The molecule has 0 amide bonds. The molecule has 0 aliphatic carbocycles. The van der Waals surface area contributed by atoms with Crippen LogP contribution in [-0.2, 0) is 6.42 Å². The zero-order valence-corrected chi connectivity index (χ0v) is 14.4. The maximum atomic E-state index is 13.4. The number of rotatable bonds is 3. The van der Waals surface area contributed by atoms with E-state index in [1.165, 1.54) is 12.1 Å². The molecule has 0 fully saturated rings. The Morgan fingerprint density at radius 2 is 1.77 bits per heavy atom. The quantitative estimate of drug-likeness (QED) is 0.553. The van der Waals surface area contributed by atoms with Crippen molar-refractivity contribution in [3.8, 4) is 22.6 Å². The highest BCUT2D eigenvalue weighted by Crippen LogP contribution is 2.40. The third-order valence-corrected chi connectivity index (χ3v) is 4.59. The molecule has 3 nitrogen and oxygen atoms in total. The molecule has 1 radical (unpaired) electrons. The van der Waals surface area contributed by atoms with E-state index in [1.54, 1.807) is 12.1 Å². The summed E-state index contributed by atoms with van der Waals surface area (Å²) in [4.78, 5) is 4.52. The lowest BCUT2D eigenvalue weighted by molar-refractivity contribution is 0.472. The van der Waals surface area contributed by atoms with Crippen molar-refractivity contribution >= 4 is 10.9 Å². The molecular formula is C22H18FN2O. The minimum Gasteiger partial charge on any atom is -0.505 e. The fraction of sp³-hybridized carbons (Fsp3) is 0.0909. The van der Waals surface area contributed by atoms with Gasteiger partial charge >= 0.3 is 0 Å². The van der Waals surface area contributed by atoms with E-state index < -0.39 is 0 Å². The van der Waals surface area contributed by atoms with Crippen LogP contribution in [0, 0.1) is 19.7 Å². The fourth-order valence-electron chi connectivity index (χ4n) is 3.37. The Labute approximate surface area is 151 Å². The SMILES string of the molecule is [CH2]Cc1nc(C)c2c(c(-c3ccccc3)cn2-c2ccc(F)cc2)c1O. The van der Waals surface area contributed by atoms with Crippen molar-refractivity contribution in [2.45, 2.75) is 13.3 Å². The van der Waals surface area contributed by atoms with Crippen molar-refractivity contribution in [2.24, 2.45) is 0 Å². The van der Waals surface area contributed by atoms with Gasteiger partial charge in [-0.05, 0) is 50.1 Å². The lowest BCUT2D eigenvalue weighted by Gasteiger charge is -2.10. The molecule has 0 saturated carbocycles. The lowest BCUT2D eigenvalue weighted by Crippen LogP contribution is -1.98. The van der Waals surface area contributed by atoms with Crippen LogP contribution in [0.5, 0.6) is 5.75 Å². The van der Waals surface area contributed by atoms with Gasteiger partial charge in [0.25, 0.3) is 0 Å². The second kappa shape index (κ2) is 6.30. The van der Waals surface area contributed by atoms with E-state index in [0.717, 1.165) is 33.4 Å². The van der Waals surface area contributed by atoms with Gasteiger partial charge in [-0.15, -0.1) is 0 Å². The molecule has 0 atom stereocenters. The molecule has 26 heavy (non-hydrogen) atoms. The van der Waals surface area contributed by atoms with Crippen molar-refractivity contribution in [3.05, 3.63) is 84.9 Å². The summed E-state index contributed by atoms with van der Waals surface area (Å²) in [7, 11) is 0. The Kier molecular flexibility index (Phi) is 3.96. The number of aryl methyl sites for hydroxylation is 1. The Balaban J connectivity index is 2.11. The highest BCUT2D eigenvalue weighted by Gasteiger charge is 2.20. The van der Waals surface area contributed by atoms with E-state index in [9.17, 15) is 9.50 Å². The van der Waals surface area contributed by atoms with E-state index in [4.69, 9.17) is 0 Å². The second-order valence-corrected chi connectivity index (χ2v) is 6.22. The molecule has 4 heteroatoms. The minimum absolute atomic E-state index is 0.153. The molecule has 0 saturated heterocycles. The van der Waals surface area contributed by atoms with Crippen molar-refractivity contribution in [1.29, 1.82) is 0 Å². The van der Waals surface area contributed by atoms with Gasteiger partial charge in [0, 0.05) is 17.4 Å². The Bertz CT molecular complexity index is 1080. The number of halogens is 1. The maximum Gasteiger partial charge on any atom is 0.147 e. The highest BCUT2D eigenvalue weighted by molar-refractivity contribution is 6.02. The number of hydrogen-bond acceptors (Lipinski definition) is 2. The largest absolute Gasteiger partial charge is 0.505 e. The first-order valence-corrected chi connectivity index (χ1v) is 8.44. The first-order chi connectivity index (χ1) is 12.6. The summed E-state index contributed by atoms with van der Waals surface area (Å²) < 4.78 is 15.3. The Hall–Kier alpha value is -3.14. The first-order valence-electron chi connectivity index (χ1n) is 8.44. The molecular weight excluding hydrogens is 327 g/mol. The lowest BCUT2D eigenvalue weighted by atomic mass is 10.0. The molecule has 0 aliphatic rings. The first kappa shape index (κ1) is 16.3. The normalized spacial score (nSPS) is 11.2. The molecule has 0 unspecified atom stereocenters. The smallest absolute Gasteiger partial charge is 0.147 e. The fourth-order valence-corrected chi connectivity index (χ4v) is 3.37. The van der Waals surface area contributed by atoms with Gasteiger partial charge in [-0.1, -0.05) is 30.3 Å². The van der Waals surface area contributed by atoms with Crippen LogP contribution in [0.25, 0.3) is 27.7 Å². The molecule has 1 N–H and O–H groups in total. The number of fused-ring (bicyclic) bond motifs is 1. The van der Waals surface area contributed by atoms with Gasteiger partial charge in [-0.3, -0.25) is 4.98 Å². The zero-order chi connectivity index (χ0) is 18.3. The zero-order valence-electron chi connectivity index (χ0n) is 14.4. The Morgan fingerprint density at radius 1 is 1.08 bits per heavy atom. The summed E-state index contributed by atoms with van der Waals surface area (Å²) in [6, 6.07) is 16.2. The van der Waals surface area contributed by atoms with Crippen LogP contribution >= 0.6 is 0 Å². The number of aromatic hydroxyl groups is 1. The van der Waals surface area contributed by atoms with E-state index in [2.05, 4.69) is 11.9 Å². The topological polar surface area (TPSA) is 38.0 Å². The monoisotopic (exact) mass is 345 g/mol. The van der Waals surface area contributed by atoms with Crippen molar-refractivity contribution < 1.29 is 9.50 Å². The van der Waals surface area contributed by atoms with Crippen LogP contribution in [0.2, 0.25) is 0 Å². The van der Waals surface area contributed by atoms with Gasteiger partial charge in [-0.25, -0.2) is 4.39 Å². The molecule has 129 valence electrons. The maximum absolute atomic E-state index is 13.4. The molecule has 2 aromatic carbocycles. The summed E-state index contributed by atoms with van der Waals surface area (Å²) in [5.41, 5.74) is 4.89. The molecule has 0 aliphatic heterocycles. The van der Waals surface area contributed by atoms with Crippen molar-refractivity contribution in [2.75, 3.05) is 0 Å². The average Bonchev–Trinajstić information content (AvgIpc) is 3.07. The molecule has 4 rings (SSSR count). The minimum atomic E-state index is -0.287. The summed E-state index contributed by atoms with van der Waals surface area (Å²) in [5, 5.41) is 11.6. The van der Waals surface area contributed by atoms with Gasteiger partial charge in [0.05, 0.1) is 22.3 Å². The van der Waals surface area contributed by atoms with Crippen LogP contribution in [0.3, 0.4) is 0 Å². The van der Waals surface area contributed by atoms with Gasteiger partial charge in [-0.2, -0.15) is 0 Å². The van der Waals surface area contributed by atoms with E-state index in [0.29, 0.717) is 12.1 Å². The van der Waals surface area contributed by atoms with Gasteiger partial charge in [0.15, 0.2) is 0 Å². The van der Waals surface area contributed by atoms with Crippen LogP contribution in [0.1, 0.15) is 11.4 Å². The second-order valence-electron chi connectivity index (χ2n) is 6.22. The number of nitrogens with zero attached hydrogens (tertiary/aromatic N) is 2. The van der Waals surface area contributed by atoms with E-state index in [-0.39, 0.29) is 11.6 Å². The summed E-state index contributed by atoms with van der Waals surface area (Å²) in [6.45, 7) is 5.78. The van der Waals surface area contributed by atoms with Crippen molar-refractivity contribution in [1.82, 2.24) is 9.55 Å². The standard InChI is InChI=1S/C22H18FN2O/c1-3-19-22(26)20-18(15-7-5-4-6-8-15)13-25(21(20)14(2)24-19)17-11-9-16(23)10-12-17/h4-13,26H,1,3H2,2H3. The summed E-state index contributed by atoms with van der Waals surface area (Å²) >= 11 is 0. The Morgan fingerprint density at radius 3 is 2.42 bits per heavy atom. The number of benzene rings is 2.